The number of ether oxygens (including phenoxy) is 1. The van der Waals surface area contributed by atoms with Gasteiger partial charge in [-0.3, -0.25) is 9.77 Å². The fraction of sp³-hybridized carbons (Fsp3) is 0.800. The van der Waals surface area contributed by atoms with E-state index in [-0.39, 0.29) is 36.9 Å². The molecule has 8 nitrogen and oxygen atoms in total. The molecule has 0 saturated heterocycles. The smallest absolute Gasteiger partial charge is 0.405 e. The van der Waals surface area contributed by atoms with Gasteiger partial charge in [0.1, 0.15) is 0 Å². The zero-order valence-electron chi connectivity index (χ0n) is 11.2. The first-order valence-corrected chi connectivity index (χ1v) is 7.65. The van der Waals surface area contributed by atoms with E-state index in [9.17, 15) is 14.6 Å². The maximum Gasteiger partial charge on any atom is 0.405 e. The molecule has 0 aromatic heterocycles. The molecule has 1 aliphatic heterocycles. The molecule has 0 unspecified atom stereocenters. The van der Waals surface area contributed by atoms with E-state index in [1.54, 1.807) is 20.8 Å². The van der Waals surface area contributed by atoms with Crippen molar-refractivity contribution in [3.8, 4) is 0 Å². The molecule has 0 spiro atoms. The Bertz CT molecular complexity index is 399. The van der Waals surface area contributed by atoms with Crippen LogP contribution in [0.4, 0.5) is 0 Å². The first-order chi connectivity index (χ1) is 8.98. The number of hydrogen-bond acceptors (Lipinski definition) is 7. The number of carbonyl (C=O) groups is 1. The average molecular weight is 295 g/mol. The molecule has 0 radical (unpaired) electrons. The van der Waals surface area contributed by atoms with Gasteiger partial charge in [-0.15, -0.1) is 0 Å². The number of esters is 1. The Balaban J connectivity index is 2.80. The highest BCUT2D eigenvalue weighted by molar-refractivity contribution is 7.54. The summed E-state index contributed by atoms with van der Waals surface area (Å²) in [5, 5.41) is 11.5. The van der Waals surface area contributed by atoms with Crippen molar-refractivity contribution in [3.05, 3.63) is 5.21 Å². The van der Waals surface area contributed by atoms with Crippen LogP contribution in [0, 0.1) is 5.21 Å². The number of hydrogen-bond donors (Lipinski definition) is 0. The Labute approximate surface area is 111 Å². The fourth-order valence-electron chi connectivity index (χ4n) is 1.56. The predicted molar refractivity (Wildman–Crippen MR) is 65.6 cm³/mol. The van der Waals surface area contributed by atoms with E-state index in [1.165, 1.54) is 0 Å². The predicted octanol–water partition coefficient (Wildman–Crippen LogP) is 1.43. The van der Waals surface area contributed by atoms with E-state index >= 15 is 0 Å². The highest BCUT2D eigenvalue weighted by Crippen LogP contribution is 2.55. The van der Waals surface area contributed by atoms with Crippen molar-refractivity contribution < 1.29 is 32.9 Å². The molecule has 0 aliphatic carbocycles. The molecule has 0 fully saturated rings. The standard InChI is InChI=1S/C10H18NO7P/c1-4-15-10(12)8-7-9(18-11(8)13)19(14,16-5-2)17-6-3/h9H,4-7H2,1-3H3/t9-/m1/s1. The van der Waals surface area contributed by atoms with Gasteiger partial charge in [0.2, 0.25) is 0 Å². The van der Waals surface area contributed by atoms with Gasteiger partial charge >= 0.3 is 19.3 Å². The van der Waals surface area contributed by atoms with E-state index in [0.717, 1.165) is 0 Å². The molecular weight excluding hydrogens is 277 g/mol. The molecule has 1 atom stereocenters. The van der Waals surface area contributed by atoms with Crippen LogP contribution in [0.3, 0.4) is 0 Å². The van der Waals surface area contributed by atoms with Gasteiger partial charge in [-0.05, 0) is 20.8 Å². The lowest BCUT2D eigenvalue weighted by Crippen LogP contribution is -2.21. The van der Waals surface area contributed by atoms with Crippen LogP contribution in [-0.4, -0.2) is 42.2 Å². The SMILES string of the molecule is CCOC(=O)C1=[N+]([O-])O[C@H](P(=O)(OCC)OCC)C1. The third kappa shape index (κ3) is 3.68. The Hall–Kier alpha value is -1.11. The molecule has 0 aromatic rings. The van der Waals surface area contributed by atoms with Crippen LogP contribution >= 0.6 is 7.60 Å². The third-order valence-electron chi connectivity index (χ3n) is 2.29. The van der Waals surface area contributed by atoms with Crippen molar-refractivity contribution >= 4 is 19.3 Å². The monoisotopic (exact) mass is 295 g/mol. The van der Waals surface area contributed by atoms with Crippen molar-refractivity contribution in [1.82, 2.24) is 0 Å². The van der Waals surface area contributed by atoms with Crippen LogP contribution in [0.25, 0.3) is 0 Å². The molecule has 1 rings (SSSR count). The number of nitrogens with zero attached hydrogens (tertiary/aromatic N) is 1. The van der Waals surface area contributed by atoms with Crippen molar-refractivity contribution in [2.24, 2.45) is 0 Å². The Kier molecular flexibility index (Phi) is 5.78. The topological polar surface area (TPSA) is 97.1 Å². The molecule has 1 aliphatic rings. The average Bonchev–Trinajstić information content (AvgIpc) is 2.73. The van der Waals surface area contributed by atoms with E-state index in [0.29, 0.717) is 0 Å². The number of rotatable bonds is 7. The van der Waals surface area contributed by atoms with Gasteiger partial charge in [-0.25, -0.2) is 4.79 Å². The molecule has 0 aromatic carbocycles. The molecule has 0 bridgehead atoms. The quantitative estimate of drug-likeness (QED) is 0.398. The minimum absolute atomic E-state index is 0.0212. The Morgan fingerprint density at radius 3 is 2.42 bits per heavy atom. The largest absolute Gasteiger partial charge is 0.458 e. The number of carbonyl (C=O) groups excluding carboxylic acids is 1. The molecule has 19 heavy (non-hydrogen) atoms. The second kappa shape index (κ2) is 6.88. The maximum atomic E-state index is 12.4. The fourth-order valence-corrected chi connectivity index (χ4v) is 3.28. The van der Waals surface area contributed by atoms with Crippen molar-refractivity contribution in [3.63, 3.8) is 0 Å². The summed E-state index contributed by atoms with van der Waals surface area (Å²) in [6.45, 7) is 5.33. The van der Waals surface area contributed by atoms with Crippen LogP contribution in [0.15, 0.2) is 0 Å². The minimum atomic E-state index is -3.59. The summed E-state index contributed by atoms with van der Waals surface area (Å²) < 4.78 is 27.2. The summed E-state index contributed by atoms with van der Waals surface area (Å²) in [6.07, 6.45) is -0.167. The zero-order chi connectivity index (χ0) is 14.5. The van der Waals surface area contributed by atoms with Gasteiger partial charge in [0, 0.05) is 4.90 Å². The Morgan fingerprint density at radius 2 is 1.95 bits per heavy atom. The summed E-state index contributed by atoms with van der Waals surface area (Å²) in [6, 6.07) is 0. The minimum Gasteiger partial charge on any atom is -0.458 e. The van der Waals surface area contributed by atoms with Crippen molar-refractivity contribution in [1.29, 1.82) is 0 Å². The summed E-state index contributed by atoms with van der Waals surface area (Å²) >= 11 is 0. The highest BCUT2D eigenvalue weighted by atomic mass is 31.2. The zero-order valence-corrected chi connectivity index (χ0v) is 12.1. The molecule has 1 heterocycles. The first kappa shape index (κ1) is 15.9. The first-order valence-electron chi connectivity index (χ1n) is 6.04. The maximum absolute atomic E-state index is 12.4. The second-order valence-corrected chi connectivity index (χ2v) is 5.74. The third-order valence-corrected chi connectivity index (χ3v) is 4.51. The summed E-state index contributed by atoms with van der Waals surface area (Å²) in [5.41, 5.74) is -0.244. The van der Waals surface area contributed by atoms with Gasteiger partial charge in [0.15, 0.2) is 5.85 Å². The summed E-state index contributed by atoms with van der Waals surface area (Å²) in [5.74, 6) is -1.91. The van der Waals surface area contributed by atoms with Crippen LogP contribution in [0.5, 0.6) is 0 Å². The van der Waals surface area contributed by atoms with E-state index in [2.05, 4.69) is 0 Å². The van der Waals surface area contributed by atoms with Gasteiger partial charge < -0.3 is 18.6 Å². The van der Waals surface area contributed by atoms with Gasteiger partial charge in [-0.2, -0.15) is 0 Å². The lowest BCUT2D eigenvalue weighted by molar-refractivity contribution is -0.735. The highest BCUT2D eigenvalue weighted by Gasteiger charge is 2.46. The molecule has 0 amide bonds. The lowest BCUT2D eigenvalue weighted by Gasteiger charge is -2.22. The summed E-state index contributed by atoms with van der Waals surface area (Å²) in [7, 11) is -3.59. The van der Waals surface area contributed by atoms with Crippen LogP contribution in [-0.2, 0) is 28.0 Å². The van der Waals surface area contributed by atoms with Gasteiger partial charge in [-0.1, -0.05) is 0 Å². The van der Waals surface area contributed by atoms with Crippen LogP contribution < -0.4 is 0 Å². The van der Waals surface area contributed by atoms with Gasteiger partial charge in [0.25, 0.3) is 0 Å². The molecule has 0 N–H and O–H groups in total. The molecular formula is C10H18NO7P. The molecule has 0 saturated carbocycles. The van der Waals surface area contributed by atoms with Gasteiger partial charge in [0.05, 0.1) is 26.2 Å². The van der Waals surface area contributed by atoms with Crippen molar-refractivity contribution in [2.45, 2.75) is 33.0 Å². The van der Waals surface area contributed by atoms with E-state index in [4.69, 9.17) is 18.6 Å². The molecule has 110 valence electrons. The van der Waals surface area contributed by atoms with E-state index in [1.807, 2.05) is 0 Å². The Morgan fingerprint density at radius 1 is 1.37 bits per heavy atom. The second-order valence-electron chi connectivity index (χ2n) is 3.56. The normalized spacial score (nSPS) is 19.4. The van der Waals surface area contributed by atoms with E-state index < -0.39 is 19.4 Å². The van der Waals surface area contributed by atoms with Crippen LogP contribution in [0.1, 0.15) is 27.2 Å². The lowest BCUT2D eigenvalue weighted by atomic mass is 10.3. The van der Waals surface area contributed by atoms with Crippen LogP contribution in [0.2, 0.25) is 0 Å². The summed E-state index contributed by atoms with van der Waals surface area (Å²) in [4.78, 5) is 16.4. The van der Waals surface area contributed by atoms with Crippen molar-refractivity contribution in [2.75, 3.05) is 19.8 Å². The molecule has 9 heteroatoms.